The summed E-state index contributed by atoms with van der Waals surface area (Å²) in [5, 5.41) is 9.92. The molecule has 0 aliphatic rings. The monoisotopic (exact) mass is 205 g/mol. The number of hydrogen-bond acceptors (Lipinski definition) is 2. The number of nitrogens with one attached hydrogen (secondary N) is 1. The van der Waals surface area contributed by atoms with Gasteiger partial charge in [0.05, 0.1) is 7.11 Å². The summed E-state index contributed by atoms with van der Waals surface area (Å²) in [7, 11) is 1.68. The Morgan fingerprint density at radius 1 is 1.33 bits per heavy atom. The van der Waals surface area contributed by atoms with Crippen LogP contribution in [-0.4, -0.2) is 23.8 Å². The number of ether oxygens (including phenoxy) is 1. The highest BCUT2D eigenvalue weighted by Gasteiger charge is 2.08. The van der Waals surface area contributed by atoms with Gasteiger partial charge in [0.1, 0.15) is 5.75 Å². The van der Waals surface area contributed by atoms with Gasteiger partial charge in [-0.3, -0.25) is 0 Å². The number of aromatic nitrogens is 1. The predicted molar refractivity (Wildman–Crippen MR) is 60.3 cm³/mol. The van der Waals surface area contributed by atoms with Crippen LogP contribution in [0.1, 0.15) is 12.0 Å². The van der Waals surface area contributed by atoms with Crippen LogP contribution in [0.5, 0.6) is 5.75 Å². The molecule has 0 saturated heterocycles. The van der Waals surface area contributed by atoms with Gasteiger partial charge in [-0.15, -0.1) is 0 Å². The first-order valence-electron chi connectivity index (χ1n) is 5.10. The minimum atomic E-state index is 0.217. The number of aliphatic hydroxyl groups is 1. The average molecular weight is 205 g/mol. The zero-order valence-electron chi connectivity index (χ0n) is 8.79. The largest absolute Gasteiger partial charge is 0.496 e. The Morgan fingerprint density at radius 3 is 2.93 bits per heavy atom. The molecule has 0 radical (unpaired) electrons. The second-order valence-corrected chi connectivity index (χ2v) is 3.52. The molecule has 0 atom stereocenters. The van der Waals surface area contributed by atoms with E-state index in [1.165, 1.54) is 0 Å². The van der Waals surface area contributed by atoms with E-state index in [0.717, 1.165) is 35.1 Å². The molecule has 80 valence electrons. The van der Waals surface area contributed by atoms with Crippen molar-refractivity contribution < 1.29 is 9.84 Å². The van der Waals surface area contributed by atoms with Crippen molar-refractivity contribution in [3.05, 3.63) is 30.0 Å². The van der Waals surface area contributed by atoms with E-state index in [2.05, 4.69) is 4.98 Å². The molecule has 1 aromatic heterocycles. The first-order valence-corrected chi connectivity index (χ1v) is 5.10. The van der Waals surface area contributed by atoms with Crippen molar-refractivity contribution in [1.29, 1.82) is 0 Å². The molecule has 0 bridgehead atoms. The van der Waals surface area contributed by atoms with Crippen molar-refractivity contribution in [3.8, 4) is 5.75 Å². The van der Waals surface area contributed by atoms with Gasteiger partial charge in [-0.05, 0) is 30.5 Å². The number of aryl methyl sites for hydroxylation is 1. The summed E-state index contributed by atoms with van der Waals surface area (Å²) >= 11 is 0. The Kier molecular flexibility index (Phi) is 2.92. The first kappa shape index (κ1) is 10.1. The molecule has 0 aliphatic carbocycles. The van der Waals surface area contributed by atoms with Gasteiger partial charge in [0.25, 0.3) is 0 Å². The van der Waals surface area contributed by atoms with E-state index in [1.54, 1.807) is 7.11 Å². The van der Waals surface area contributed by atoms with Crippen LogP contribution in [0.4, 0.5) is 0 Å². The Morgan fingerprint density at radius 2 is 2.20 bits per heavy atom. The molecule has 1 aromatic carbocycles. The van der Waals surface area contributed by atoms with E-state index in [0.29, 0.717) is 0 Å². The van der Waals surface area contributed by atoms with Gasteiger partial charge in [0.15, 0.2) is 0 Å². The molecule has 2 rings (SSSR count). The van der Waals surface area contributed by atoms with E-state index in [-0.39, 0.29) is 6.61 Å². The van der Waals surface area contributed by atoms with Gasteiger partial charge >= 0.3 is 0 Å². The lowest BCUT2D eigenvalue weighted by molar-refractivity contribution is 0.288. The molecule has 15 heavy (non-hydrogen) atoms. The van der Waals surface area contributed by atoms with Crippen molar-refractivity contribution in [1.82, 2.24) is 4.98 Å². The van der Waals surface area contributed by atoms with Crippen molar-refractivity contribution in [2.24, 2.45) is 0 Å². The van der Waals surface area contributed by atoms with Crippen LogP contribution in [-0.2, 0) is 6.42 Å². The van der Waals surface area contributed by atoms with Crippen LogP contribution >= 0.6 is 0 Å². The van der Waals surface area contributed by atoms with E-state index >= 15 is 0 Å². The second kappa shape index (κ2) is 4.36. The molecule has 0 unspecified atom stereocenters. The summed E-state index contributed by atoms with van der Waals surface area (Å²) < 4.78 is 5.41. The molecule has 0 saturated carbocycles. The standard InChI is InChI=1S/C12H15NO2/c1-15-12-9(3-2-8-14)4-5-11-10(12)6-7-13-11/h4-7,13-14H,2-3,8H2,1H3. The number of rotatable bonds is 4. The van der Waals surface area contributed by atoms with Crippen LogP contribution in [0.15, 0.2) is 24.4 Å². The SMILES string of the molecule is COc1c(CCCO)ccc2[nH]ccc12. The van der Waals surface area contributed by atoms with Crippen molar-refractivity contribution >= 4 is 10.9 Å². The van der Waals surface area contributed by atoms with Crippen LogP contribution < -0.4 is 4.74 Å². The number of hydrogen-bond donors (Lipinski definition) is 2. The Bertz CT molecular complexity index is 448. The van der Waals surface area contributed by atoms with E-state index in [4.69, 9.17) is 9.84 Å². The summed E-state index contributed by atoms with van der Waals surface area (Å²) in [6, 6.07) is 6.11. The molecule has 2 aromatic rings. The second-order valence-electron chi connectivity index (χ2n) is 3.52. The summed E-state index contributed by atoms with van der Waals surface area (Å²) in [6.45, 7) is 0.217. The highest BCUT2D eigenvalue weighted by atomic mass is 16.5. The number of fused-ring (bicyclic) bond motifs is 1. The third kappa shape index (κ3) is 1.83. The predicted octanol–water partition coefficient (Wildman–Crippen LogP) is 2.10. The van der Waals surface area contributed by atoms with Gasteiger partial charge in [-0.1, -0.05) is 6.07 Å². The summed E-state index contributed by atoms with van der Waals surface area (Å²) in [6.07, 6.45) is 3.52. The van der Waals surface area contributed by atoms with E-state index in [1.807, 2.05) is 24.4 Å². The van der Waals surface area contributed by atoms with Crippen LogP contribution in [0.25, 0.3) is 10.9 Å². The number of aliphatic hydroxyl groups excluding tert-OH is 1. The van der Waals surface area contributed by atoms with E-state index in [9.17, 15) is 0 Å². The fourth-order valence-corrected chi connectivity index (χ4v) is 1.86. The van der Waals surface area contributed by atoms with Gasteiger partial charge in [0, 0.05) is 23.7 Å². The molecule has 3 nitrogen and oxygen atoms in total. The van der Waals surface area contributed by atoms with Crippen molar-refractivity contribution in [3.63, 3.8) is 0 Å². The lowest BCUT2D eigenvalue weighted by atomic mass is 10.1. The molecule has 0 aliphatic heterocycles. The maximum atomic E-state index is 8.82. The summed E-state index contributed by atoms with van der Waals surface area (Å²) in [4.78, 5) is 3.15. The lowest BCUT2D eigenvalue weighted by Gasteiger charge is -2.09. The fourth-order valence-electron chi connectivity index (χ4n) is 1.86. The van der Waals surface area contributed by atoms with Crippen molar-refractivity contribution in [2.75, 3.05) is 13.7 Å². The highest BCUT2D eigenvalue weighted by molar-refractivity contribution is 5.87. The van der Waals surface area contributed by atoms with Crippen LogP contribution in [0.2, 0.25) is 0 Å². The van der Waals surface area contributed by atoms with Gasteiger partial charge in [0.2, 0.25) is 0 Å². The van der Waals surface area contributed by atoms with Gasteiger partial charge in [-0.2, -0.15) is 0 Å². The third-order valence-corrected chi connectivity index (χ3v) is 2.57. The van der Waals surface area contributed by atoms with Crippen LogP contribution in [0, 0.1) is 0 Å². The van der Waals surface area contributed by atoms with Crippen LogP contribution in [0.3, 0.4) is 0 Å². The van der Waals surface area contributed by atoms with Gasteiger partial charge < -0.3 is 14.8 Å². The molecular weight excluding hydrogens is 190 g/mol. The Balaban J connectivity index is 2.44. The first-order chi connectivity index (χ1) is 7.36. The van der Waals surface area contributed by atoms with E-state index < -0.39 is 0 Å². The number of methoxy groups -OCH3 is 1. The fraction of sp³-hybridized carbons (Fsp3) is 0.333. The average Bonchev–Trinajstić information content (AvgIpc) is 2.73. The normalized spacial score (nSPS) is 10.8. The van der Waals surface area contributed by atoms with Gasteiger partial charge in [-0.25, -0.2) is 0 Å². The minimum absolute atomic E-state index is 0.217. The summed E-state index contributed by atoms with van der Waals surface area (Å²) in [5.41, 5.74) is 2.23. The molecular formula is C12H15NO2. The molecule has 2 N–H and O–H groups in total. The zero-order chi connectivity index (χ0) is 10.7. The smallest absolute Gasteiger partial charge is 0.131 e. The summed E-state index contributed by atoms with van der Waals surface area (Å²) in [5.74, 6) is 0.919. The third-order valence-electron chi connectivity index (χ3n) is 2.57. The topological polar surface area (TPSA) is 45.2 Å². The highest BCUT2D eigenvalue weighted by Crippen LogP contribution is 2.29. The Hall–Kier alpha value is -1.48. The number of benzene rings is 1. The quantitative estimate of drug-likeness (QED) is 0.802. The molecule has 3 heteroatoms. The molecule has 0 amide bonds. The molecule has 0 fully saturated rings. The number of aromatic amines is 1. The number of H-pyrrole nitrogens is 1. The zero-order valence-corrected chi connectivity index (χ0v) is 8.79. The minimum Gasteiger partial charge on any atom is -0.496 e. The maximum absolute atomic E-state index is 8.82. The molecule has 1 heterocycles. The van der Waals surface area contributed by atoms with Crippen molar-refractivity contribution in [2.45, 2.75) is 12.8 Å². The lowest BCUT2D eigenvalue weighted by Crippen LogP contribution is -1.94. The molecule has 0 spiro atoms. The maximum Gasteiger partial charge on any atom is 0.131 e. The Labute approximate surface area is 88.7 Å².